The molecule has 0 aliphatic carbocycles. The molecule has 0 saturated heterocycles. The maximum absolute atomic E-state index is 12.5. The molecule has 78 valence electrons. The summed E-state index contributed by atoms with van der Waals surface area (Å²) in [5, 5.41) is 9.12. The van der Waals surface area contributed by atoms with Gasteiger partial charge in [0, 0.05) is 6.07 Å². The van der Waals surface area contributed by atoms with Gasteiger partial charge in [-0.15, -0.1) is 0 Å². The van der Waals surface area contributed by atoms with Gasteiger partial charge in [0.2, 0.25) is 0 Å². The zero-order valence-corrected chi connectivity index (χ0v) is 7.75. The monoisotopic (exact) mass is 204 g/mol. The Labute approximate surface area is 79.9 Å². The van der Waals surface area contributed by atoms with E-state index in [2.05, 4.69) is 0 Å². The van der Waals surface area contributed by atoms with Crippen molar-refractivity contribution in [1.82, 2.24) is 0 Å². The van der Waals surface area contributed by atoms with Crippen molar-refractivity contribution in [3.63, 3.8) is 0 Å². The van der Waals surface area contributed by atoms with Crippen LogP contribution in [0.15, 0.2) is 12.1 Å². The van der Waals surface area contributed by atoms with Gasteiger partial charge in [-0.05, 0) is 6.07 Å². The van der Waals surface area contributed by atoms with Gasteiger partial charge < -0.3 is 14.6 Å². The van der Waals surface area contributed by atoms with Crippen LogP contribution in [0.3, 0.4) is 0 Å². The molecule has 1 aromatic carbocycles. The maximum Gasteiger partial charge on any atom is 0.267 e. The van der Waals surface area contributed by atoms with Gasteiger partial charge in [-0.25, -0.2) is 8.78 Å². The second kappa shape index (κ2) is 4.13. The standard InChI is InChI=1S/C9H10F2O3/c1-13-7-4-5(12)3-6(9(10)11)8(7)14-2/h3-4,9,12H,1-2H3. The second-order valence-corrected chi connectivity index (χ2v) is 2.57. The van der Waals surface area contributed by atoms with E-state index in [0.717, 1.165) is 6.07 Å². The predicted octanol–water partition coefficient (Wildman–Crippen LogP) is 2.35. The highest BCUT2D eigenvalue weighted by Gasteiger charge is 2.19. The van der Waals surface area contributed by atoms with Gasteiger partial charge in [0.25, 0.3) is 6.43 Å². The molecule has 0 bridgehead atoms. The molecule has 0 saturated carbocycles. The van der Waals surface area contributed by atoms with Crippen molar-refractivity contribution in [2.75, 3.05) is 14.2 Å². The summed E-state index contributed by atoms with van der Waals surface area (Å²) in [5.74, 6) is -0.249. The average molecular weight is 204 g/mol. The molecule has 0 aliphatic rings. The molecule has 0 amide bonds. The van der Waals surface area contributed by atoms with Crippen molar-refractivity contribution >= 4 is 0 Å². The molecule has 0 unspecified atom stereocenters. The summed E-state index contributed by atoms with van der Waals surface area (Å²) in [6, 6.07) is 2.16. The first-order chi connectivity index (χ1) is 6.60. The average Bonchev–Trinajstić information content (AvgIpc) is 2.16. The number of hydrogen-bond donors (Lipinski definition) is 1. The number of alkyl halides is 2. The van der Waals surface area contributed by atoms with E-state index in [4.69, 9.17) is 14.6 Å². The van der Waals surface area contributed by atoms with Crippen LogP contribution >= 0.6 is 0 Å². The fourth-order valence-electron chi connectivity index (χ4n) is 1.14. The Kier molecular flexibility index (Phi) is 3.11. The number of benzene rings is 1. The fraction of sp³-hybridized carbons (Fsp3) is 0.333. The van der Waals surface area contributed by atoms with Crippen LogP contribution in [-0.2, 0) is 0 Å². The SMILES string of the molecule is COc1cc(O)cc(C(F)F)c1OC. The lowest BCUT2D eigenvalue weighted by Crippen LogP contribution is -1.96. The van der Waals surface area contributed by atoms with Crippen LogP contribution in [0, 0.1) is 0 Å². The van der Waals surface area contributed by atoms with Crippen molar-refractivity contribution in [2.45, 2.75) is 6.43 Å². The lowest BCUT2D eigenvalue weighted by molar-refractivity contribution is 0.145. The van der Waals surface area contributed by atoms with Crippen LogP contribution < -0.4 is 9.47 Å². The van der Waals surface area contributed by atoms with Crippen LogP contribution in [0.5, 0.6) is 17.2 Å². The molecule has 0 spiro atoms. The van der Waals surface area contributed by atoms with Gasteiger partial charge >= 0.3 is 0 Å². The number of hydrogen-bond acceptors (Lipinski definition) is 3. The van der Waals surface area contributed by atoms with Gasteiger partial charge in [0.05, 0.1) is 19.8 Å². The van der Waals surface area contributed by atoms with E-state index >= 15 is 0 Å². The Morgan fingerprint density at radius 2 is 1.86 bits per heavy atom. The van der Waals surface area contributed by atoms with E-state index in [1.54, 1.807) is 0 Å². The molecule has 0 aliphatic heterocycles. The minimum atomic E-state index is -2.72. The van der Waals surface area contributed by atoms with E-state index < -0.39 is 6.43 Å². The van der Waals surface area contributed by atoms with Gasteiger partial charge in [-0.2, -0.15) is 0 Å². The minimum absolute atomic E-state index is 0.0553. The van der Waals surface area contributed by atoms with Crippen molar-refractivity contribution in [1.29, 1.82) is 0 Å². The fourth-order valence-corrected chi connectivity index (χ4v) is 1.14. The summed E-state index contributed by atoms with van der Waals surface area (Å²) in [6.45, 7) is 0. The van der Waals surface area contributed by atoms with Crippen LogP contribution in [0.4, 0.5) is 8.78 Å². The van der Waals surface area contributed by atoms with Gasteiger partial charge in [-0.1, -0.05) is 0 Å². The first-order valence-electron chi connectivity index (χ1n) is 3.83. The third-order valence-electron chi connectivity index (χ3n) is 1.73. The summed E-state index contributed by atoms with van der Waals surface area (Å²) in [7, 11) is 2.58. The smallest absolute Gasteiger partial charge is 0.267 e. The van der Waals surface area contributed by atoms with Crippen molar-refractivity contribution in [2.24, 2.45) is 0 Å². The molecule has 0 heterocycles. The Balaban J connectivity index is 3.31. The van der Waals surface area contributed by atoms with Crippen LogP contribution in [-0.4, -0.2) is 19.3 Å². The molecular weight excluding hydrogens is 194 g/mol. The molecule has 1 N–H and O–H groups in total. The lowest BCUT2D eigenvalue weighted by atomic mass is 10.2. The lowest BCUT2D eigenvalue weighted by Gasteiger charge is -2.12. The second-order valence-electron chi connectivity index (χ2n) is 2.57. The van der Waals surface area contributed by atoms with Crippen LogP contribution in [0.25, 0.3) is 0 Å². The normalized spacial score (nSPS) is 10.4. The van der Waals surface area contributed by atoms with Gasteiger partial charge in [-0.3, -0.25) is 0 Å². The first-order valence-corrected chi connectivity index (χ1v) is 3.83. The van der Waals surface area contributed by atoms with Crippen LogP contribution in [0.2, 0.25) is 0 Å². The highest BCUT2D eigenvalue weighted by molar-refractivity contribution is 5.51. The summed E-state index contributed by atoms with van der Waals surface area (Å²) < 4.78 is 34.5. The van der Waals surface area contributed by atoms with Gasteiger partial charge in [0.15, 0.2) is 11.5 Å². The molecule has 0 atom stereocenters. The number of ether oxygens (including phenoxy) is 2. The number of phenolic OH excluding ortho intramolecular Hbond substituents is 1. The number of aromatic hydroxyl groups is 1. The molecule has 0 fully saturated rings. The Morgan fingerprint density at radius 3 is 2.29 bits per heavy atom. The quantitative estimate of drug-likeness (QED) is 0.821. The van der Waals surface area contributed by atoms with Crippen LogP contribution in [0.1, 0.15) is 12.0 Å². The molecule has 5 heteroatoms. The highest BCUT2D eigenvalue weighted by Crippen LogP contribution is 2.39. The van der Waals surface area contributed by atoms with E-state index in [1.807, 2.05) is 0 Å². The van der Waals surface area contributed by atoms with Crippen molar-refractivity contribution in [3.05, 3.63) is 17.7 Å². The molecule has 1 aromatic rings. The number of phenols is 1. The molecule has 0 aromatic heterocycles. The van der Waals surface area contributed by atoms with E-state index in [1.165, 1.54) is 20.3 Å². The number of rotatable bonds is 3. The predicted molar refractivity (Wildman–Crippen MR) is 46.2 cm³/mol. The highest BCUT2D eigenvalue weighted by atomic mass is 19.3. The molecule has 1 rings (SSSR count). The number of halogens is 2. The van der Waals surface area contributed by atoms with Crippen molar-refractivity contribution < 1.29 is 23.4 Å². The third kappa shape index (κ3) is 1.86. The summed E-state index contributed by atoms with van der Waals surface area (Å²) in [4.78, 5) is 0. The Bertz CT molecular complexity index is 326. The maximum atomic E-state index is 12.5. The van der Waals surface area contributed by atoms with E-state index in [-0.39, 0.29) is 22.8 Å². The minimum Gasteiger partial charge on any atom is -0.508 e. The molecular formula is C9H10F2O3. The zero-order chi connectivity index (χ0) is 10.7. The summed E-state index contributed by atoms with van der Waals surface area (Å²) in [6.07, 6.45) is -2.72. The molecule has 14 heavy (non-hydrogen) atoms. The molecule has 0 radical (unpaired) electrons. The molecule has 3 nitrogen and oxygen atoms in total. The number of methoxy groups -OCH3 is 2. The van der Waals surface area contributed by atoms with Crippen molar-refractivity contribution in [3.8, 4) is 17.2 Å². The van der Waals surface area contributed by atoms with E-state index in [0.29, 0.717) is 0 Å². The van der Waals surface area contributed by atoms with Gasteiger partial charge in [0.1, 0.15) is 5.75 Å². The Hall–Kier alpha value is -1.52. The first kappa shape index (κ1) is 10.6. The topological polar surface area (TPSA) is 38.7 Å². The Morgan fingerprint density at radius 1 is 1.21 bits per heavy atom. The largest absolute Gasteiger partial charge is 0.508 e. The zero-order valence-electron chi connectivity index (χ0n) is 7.75. The van der Waals surface area contributed by atoms with E-state index in [9.17, 15) is 8.78 Å². The summed E-state index contributed by atoms with van der Waals surface area (Å²) >= 11 is 0. The summed E-state index contributed by atoms with van der Waals surface area (Å²) in [5.41, 5.74) is -0.385. The third-order valence-corrected chi connectivity index (χ3v) is 1.73.